The number of nitrogens with one attached hydrogen (secondary N) is 2. The second-order valence-corrected chi connectivity index (χ2v) is 4.45. The molecule has 16 heavy (non-hydrogen) atoms. The summed E-state index contributed by atoms with van der Waals surface area (Å²) in [4.78, 5) is 11.7. The largest absolute Gasteiger partial charge is 0.381 e. The van der Waals surface area contributed by atoms with Crippen molar-refractivity contribution < 1.29 is 14.3 Å². The minimum atomic E-state index is 0.0552. The van der Waals surface area contributed by atoms with E-state index < -0.39 is 0 Å². The number of carbonyl (C=O) groups is 1. The molecule has 2 aliphatic heterocycles. The van der Waals surface area contributed by atoms with Gasteiger partial charge in [0.15, 0.2) is 0 Å². The van der Waals surface area contributed by atoms with Gasteiger partial charge in [0.05, 0.1) is 25.7 Å². The van der Waals surface area contributed by atoms with Crippen molar-refractivity contribution in [3.05, 3.63) is 0 Å². The minimum absolute atomic E-state index is 0.0552. The Bertz CT molecular complexity index is 221. The summed E-state index contributed by atoms with van der Waals surface area (Å²) in [5.74, 6) is 0.565. The van der Waals surface area contributed by atoms with Gasteiger partial charge in [0.1, 0.15) is 0 Å². The first kappa shape index (κ1) is 11.8. The molecular weight excluding hydrogens is 208 g/mol. The maximum absolute atomic E-state index is 11.7. The number of hydrogen-bond donors (Lipinski definition) is 2. The van der Waals surface area contributed by atoms with Gasteiger partial charge < -0.3 is 20.1 Å². The summed E-state index contributed by atoms with van der Waals surface area (Å²) >= 11 is 0. The fraction of sp³-hybridized carbons (Fsp3) is 0.909. The zero-order valence-electron chi connectivity index (χ0n) is 9.54. The Balaban J connectivity index is 1.67. The van der Waals surface area contributed by atoms with Crippen LogP contribution in [0, 0.1) is 11.8 Å². The lowest BCUT2D eigenvalue weighted by molar-refractivity contribution is -0.125. The third-order valence-electron chi connectivity index (χ3n) is 3.08. The number of amides is 1. The molecule has 0 aliphatic carbocycles. The maximum Gasteiger partial charge on any atom is 0.225 e. The first-order valence-corrected chi connectivity index (χ1v) is 6.00. The van der Waals surface area contributed by atoms with E-state index in [2.05, 4.69) is 10.6 Å². The van der Waals surface area contributed by atoms with Crippen LogP contribution in [0.5, 0.6) is 0 Å². The smallest absolute Gasteiger partial charge is 0.225 e. The normalized spacial score (nSPS) is 31.0. The zero-order valence-corrected chi connectivity index (χ0v) is 9.54. The Morgan fingerprint density at radius 3 is 3.00 bits per heavy atom. The lowest BCUT2D eigenvalue weighted by Gasteiger charge is -2.16. The molecule has 2 aliphatic rings. The van der Waals surface area contributed by atoms with E-state index in [1.165, 1.54) is 0 Å². The summed E-state index contributed by atoms with van der Waals surface area (Å²) in [6.07, 6.45) is 0.852. The molecule has 92 valence electrons. The van der Waals surface area contributed by atoms with Gasteiger partial charge in [-0.25, -0.2) is 0 Å². The van der Waals surface area contributed by atoms with Gasteiger partial charge >= 0.3 is 0 Å². The third kappa shape index (κ3) is 3.43. The number of rotatable bonds is 3. The van der Waals surface area contributed by atoms with E-state index in [9.17, 15) is 4.79 Å². The van der Waals surface area contributed by atoms with Crippen LogP contribution in [0.15, 0.2) is 0 Å². The first-order chi connectivity index (χ1) is 7.86. The van der Waals surface area contributed by atoms with Crippen LogP contribution in [-0.4, -0.2) is 52.0 Å². The van der Waals surface area contributed by atoms with Crippen LogP contribution in [0.4, 0.5) is 0 Å². The summed E-state index contributed by atoms with van der Waals surface area (Å²) < 4.78 is 10.6. The lowest BCUT2D eigenvalue weighted by atomic mass is 10.1. The second kappa shape index (κ2) is 6.18. The molecule has 0 radical (unpaired) electrons. The molecule has 0 aromatic rings. The SMILES string of the molecule is O=C(NCC1CNCCOC1)C1CCOC1. The van der Waals surface area contributed by atoms with E-state index in [0.717, 1.165) is 32.7 Å². The molecule has 0 spiro atoms. The third-order valence-corrected chi connectivity index (χ3v) is 3.08. The van der Waals surface area contributed by atoms with Gasteiger partial charge in [-0.1, -0.05) is 0 Å². The van der Waals surface area contributed by atoms with Gasteiger partial charge in [0.25, 0.3) is 0 Å². The van der Waals surface area contributed by atoms with Crippen molar-refractivity contribution >= 4 is 5.91 Å². The van der Waals surface area contributed by atoms with E-state index in [1.54, 1.807) is 0 Å². The Labute approximate surface area is 95.9 Å². The van der Waals surface area contributed by atoms with Gasteiger partial charge in [-0.2, -0.15) is 0 Å². The average Bonchev–Trinajstić information content (AvgIpc) is 2.71. The van der Waals surface area contributed by atoms with Gasteiger partial charge in [-0.15, -0.1) is 0 Å². The summed E-state index contributed by atoms with van der Waals surface area (Å²) in [5.41, 5.74) is 0. The standard InChI is InChI=1S/C11H20N2O3/c14-11(10-1-3-15-8-10)13-6-9-5-12-2-4-16-7-9/h9-10,12H,1-8H2,(H,13,14). The predicted octanol–water partition coefficient (Wildman–Crippen LogP) is -0.625. The minimum Gasteiger partial charge on any atom is -0.381 e. The van der Waals surface area contributed by atoms with Crippen LogP contribution >= 0.6 is 0 Å². The fourth-order valence-electron chi connectivity index (χ4n) is 2.02. The van der Waals surface area contributed by atoms with Crippen LogP contribution in [0.2, 0.25) is 0 Å². The molecule has 2 rings (SSSR count). The maximum atomic E-state index is 11.7. The monoisotopic (exact) mass is 228 g/mol. The predicted molar refractivity (Wildman–Crippen MR) is 59.1 cm³/mol. The van der Waals surface area contributed by atoms with Crippen molar-refractivity contribution in [1.82, 2.24) is 10.6 Å². The van der Waals surface area contributed by atoms with Gasteiger partial charge in [-0.05, 0) is 6.42 Å². The van der Waals surface area contributed by atoms with E-state index in [0.29, 0.717) is 25.7 Å². The summed E-state index contributed by atoms with van der Waals surface area (Å²) in [7, 11) is 0. The Kier molecular flexibility index (Phi) is 4.56. The fourth-order valence-corrected chi connectivity index (χ4v) is 2.02. The van der Waals surface area contributed by atoms with Gasteiger partial charge in [0, 0.05) is 32.2 Å². The highest BCUT2D eigenvalue weighted by molar-refractivity contribution is 5.78. The van der Waals surface area contributed by atoms with Crippen molar-refractivity contribution in [3.8, 4) is 0 Å². The highest BCUT2D eigenvalue weighted by Gasteiger charge is 2.24. The van der Waals surface area contributed by atoms with Gasteiger partial charge in [-0.3, -0.25) is 4.79 Å². The summed E-state index contributed by atoms with van der Waals surface area (Å²) in [6.45, 7) is 5.30. The molecule has 2 saturated heterocycles. The highest BCUT2D eigenvalue weighted by atomic mass is 16.5. The number of ether oxygens (including phenoxy) is 2. The van der Waals surface area contributed by atoms with Crippen LogP contribution in [0.1, 0.15) is 6.42 Å². The molecule has 0 aromatic heterocycles. The highest BCUT2D eigenvalue weighted by Crippen LogP contribution is 2.12. The molecule has 2 atom stereocenters. The molecule has 2 fully saturated rings. The summed E-state index contributed by atoms with van der Waals surface area (Å²) in [6, 6.07) is 0. The topological polar surface area (TPSA) is 59.6 Å². The van der Waals surface area contributed by atoms with E-state index in [-0.39, 0.29) is 11.8 Å². The van der Waals surface area contributed by atoms with Crippen molar-refractivity contribution in [3.63, 3.8) is 0 Å². The molecule has 2 heterocycles. The molecule has 0 aromatic carbocycles. The Morgan fingerprint density at radius 1 is 1.31 bits per heavy atom. The molecule has 0 bridgehead atoms. The Hall–Kier alpha value is -0.650. The second-order valence-electron chi connectivity index (χ2n) is 4.45. The number of carbonyl (C=O) groups excluding carboxylic acids is 1. The molecule has 5 nitrogen and oxygen atoms in total. The Morgan fingerprint density at radius 2 is 2.19 bits per heavy atom. The molecule has 2 N–H and O–H groups in total. The van der Waals surface area contributed by atoms with Crippen LogP contribution < -0.4 is 10.6 Å². The van der Waals surface area contributed by atoms with Crippen LogP contribution in [0.25, 0.3) is 0 Å². The molecule has 1 amide bonds. The van der Waals surface area contributed by atoms with E-state index >= 15 is 0 Å². The zero-order chi connectivity index (χ0) is 11.2. The van der Waals surface area contributed by atoms with Crippen LogP contribution in [0.3, 0.4) is 0 Å². The van der Waals surface area contributed by atoms with Crippen molar-refractivity contribution in [2.24, 2.45) is 11.8 Å². The molecule has 0 saturated carbocycles. The molecule has 5 heteroatoms. The summed E-state index contributed by atoms with van der Waals surface area (Å²) in [5, 5.41) is 6.27. The number of hydrogen-bond acceptors (Lipinski definition) is 4. The van der Waals surface area contributed by atoms with Crippen LogP contribution in [-0.2, 0) is 14.3 Å². The quantitative estimate of drug-likeness (QED) is 0.675. The molecular formula is C11H20N2O3. The van der Waals surface area contributed by atoms with E-state index in [1.807, 2.05) is 0 Å². The first-order valence-electron chi connectivity index (χ1n) is 6.00. The van der Waals surface area contributed by atoms with Crippen molar-refractivity contribution in [1.29, 1.82) is 0 Å². The average molecular weight is 228 g/mol. The van der Waals surface area contributed by atoms with Crippen molar-refractivity contribution in [2.75, 3.05) is 46.1 Å². The van der Waals surface area contributed by atoms with Gasteiger partial charge in [0.2, 0.25) is 5.91 Å². The van der Waals surface area contributed by atoms with Crippen molar-refractivity contribution in [2.45, 2.75) is 6.42 Å². The lowest BCUT2D eigenvalue weighted by Crippen LogP contribution is -2.38. The van der Waals surface area contributed by atoms with E-state index in [4.69, 9.17) is 9.47 Å². The molecule has 2 unspecified atom stereocenters.